The minimum Gasteiger partial charge on any atom is -0.363 e. The lowest BCUT2D eigenvalue weighted by molar-refractivity contribution is -0.149. The lowest BCUT2D eigenvalue weighted by Gasteiger charge is -2.19. The molecule has 0 rings (SSSR count). The third-order valence-electron chi connectivity index (χ3n) is 1.43. The van der Waals surface area contributed by atoms with Gasteiger partial charge in [-0.15, -0.1) is 0 Å². The highest BCUT2D eigenvalue weighted by molar-refractivity contribution is 6.19. The van der Waals surface area contributed by atoms with Crippen LogP contribution in [0.4, 0.5) is 0 Å². The van der Waals surface area contributed by atoms with Crippen LogP contribution in [0.25, 0.3) is 0 Å². The molecule has 0 aliphatic heterocycles. The maximum Gasteiger partial charge on any atom is 0.161 e. The van der Waals surface area contributed by atoms with Crippen LogP contribution in [0, 0.1) is 0 Å². The third kappa shape index (κ3) is 7.26. The second-order valence-electron chi connectivity index (χ2n) is 2.44. The number of rotatable bonds is 8. The van der Waals surface area contributed by atoms with Gasteiger partial charge in [0, 0.05) is 26.2 Å². The molecular formula is C9H19ClO3. The van der Waals surface area contributed by atoms with Gasteiger partial charge in [-0.25, -0.2) is 0 Å². The van der Waals surface area contributed by atoms with Crippen LogP contribution in [0.5, 0.6) is 0 Å². The van der Waals surface area contributed by atoms with Crippen LogP contribution in [-0.2, 0) is 14.2 Å². The van der Waals surface area contributed by atoms with E-state index in [2.05, 4.69) is 0 Å². The van der Waals surface area contributed by atoms with Gasteiger partial charge in [-0.3, -0.25) is 0 Å². The van der Waals surface area contributed by atoms with E-state index in [1.54, 1.807) is 0 Å². The fraction of sp³-hybridized carbons (Fsp3) is 1.00. The lowest BCUT2D eigenvalue weighted by Crippen LogP contribution is -2.23. The summed E-state index contributed by atoms with van der Waals surface area (Å²) < 4.78 is 15.8. The minimum absolute atomic E-state index is 0.246. The number of halogens is 1. The molecule has 0 amide bonds. The van der Waals surface area contributed by atoms with Gasteiger partial charge in [0.25, 0.3) is 0 Å². The molecule has 0 aliphatic rings. The Morgan fingerprint density at radius 3 is 1.77 bits per heavy atom. The quantitative estimate of drug-likeness (QED) is 0.455. The second kappa shape index (κ2) is 8.75. The summed E-state index contributed by atoms with van der Waals surface area (Å²) in [5.41, 5.74) is -0.326. The Hall–Kier alpha value is 0.170. The van der Waals surface area contributed by atoms with Crippen molar-refractivity contribution in [2.75, 3.05) is 19.8 Å². The highest BCUT2D eigenvalue weighted by atomic mass is 35.5. The van der Waals surface area contributed by atoms with E-state index in [1.165, 1.54) is 0 Å². The molecule has 1 unspecified atom stereocenters. The Morgan fingerprint density at radius 1 is 0.923 bits per heavy atom. The van der Waals surface area contributed by atoms with Crippen LogP contribution in [0.2, 0.25) is 0 Å². The molecule has 0 fully saturated rings. The molecule has 0 saturated heterocycles. The van der Waals surface area contributed by atoms with Crippen molar-refractivity contribution in [2.45, 2.75) is 39.0 Å². The van der Waals surface area contributed by atoms with Gasteiger partial charge in [0.05, 0.1) is 0 Å². The van der Waals surface area contributed by atoms with E-state index in [-0.39, 0.29) is 11.9 Å². The average Bonchev–Trinajstić information content (AvgIpc) is 2.05. The molecule has 4 heteroatoms. The first-order valence-electron chi connectivity index (χ1n) is 4.73. The van der Waals surface area contributed by atoms with Crippen molar-refractivity contribution >= 4 is 11.6 Å². The molecular weight excluding hydrogens is 192 g/mol. The molecule has 0 aromatic rings. The molecule has 80 valence electrons. The van der Waals surface area contributed by atoms with E-state index in [9.17, 15) is 0 Å². The van der Waals surface area contributed by atoms with Crippen LogP contribution in [0.15, 0.2) is 0 Å². The van der Waals surface area contributed by atoms with Crippen molar-refractivity contribution in [1.29, 1.82) is 0 Å². The molecule has 0 spiro atoms. The molecule has 0 aromatic heterocycles. The molecule has 0 aliphatic carbocycles. The molecule has 0 heterocycles. The van der Waals surface area contributed by atoms with E-state index in [1.807, 2.05) is 20.8 Å². The van der Waals surface area contributed by atoms with Crippen molar-refractivity contribution < 1.29 is 14.2 Å². The van der Waals surface area contributed by atoms with Gasteiger partial charge in [-0.05, 0) is 20.8 Å². The summed E-state index contributed by atoms with van der Waals surface area (Å²) in [7, 11) is 0. The molecule has 0 bridgehead atoms. The van der Waals surface area contributed by atoms with Gasteiger partial charge in [-0.1, -0.05) is 11.6 Å². The fourth-order valence-electron chi connectivity index (χ4n) is 0.956. The fourth-order valence-corrected chi connectivity index (χ4v) is 1.23. The van der Waals surface area contributed by atoms with Gasteiger partial charge in [0.2, 0.25) is 0 Å². The predicted molar refractivity (Wildman–Crippen MR) is 52.9 cm³/mol. The summed E-state index contributed by atoms with van der Waals surface area (Å²) in [6, 6.07) is 0. The Labute approximate surface area is 85.3 Å². The van der Waals surface area contributed by atoms with Crippen molar-refractivity contribution in [1.82, 2.24) is 0 Å². The maximum absolute atomic E-state index is 5.86. The SMILES string of the molecule is CCOC(Cl)CC(OCC)OCC. The number of hydrogen-bond acceptors (Lipinski definition) is 3. The van der Waals surface area contributed by atoms with Crippen LogP contribution in [0.1, 0.15) is 27.2 Å². The molecule has 13 heavy (non-hydrogen) atoms. The zero-order chi connectivity index (χ0) is 10.1. The molecule has 0 N–H and O–H groups in total. The Bertz CT molecular complexity index is 105. The Kier molecular flexibility index (Phi) is 8.87. The van der Waals surface area contributed by atoms with Crippen LogP contribution in [0.3, 0.4) is 0 Å². The van der Waals surface area contributed by atoms with Crippen molar-refractivity contribution in [3.63, 3.8) is 0 Å². The summed E-state index contributed by atoms with van der Waals surface area (Å²) in [5, 5.41) is 0. The second-order valence-corrected chi connectivity index (χ2v) is 2.93. The van der Waals surface area contributed by atoms with Gasteiger partial charge in [0.15, 0.2) is 6.29 Å². The van der Waals surface area contributed by atoms with E-state index in [0.717, 1.165) is 0 Å². The van der Waals surface area contributed by atoms with Gasteiger partial charge >= 0.3 is 0 Å². The van der Waals surface area contributed by atoms with Crippen molar-refractivity contribution in [3.05, 3.63) is 0 Å². The van der Waals surface area contributed by atoms with Gasteiger partial charge < -0.3 is 14.2 Å². The molecule has 1 atom stereocenters. The van der Waals surface area contributed by atoms with E-state index < -0.39 is 0 Å². The first kappa shape index (κ1) is 13.2. The average molecular weight is 211 g/mol. The topological polar surface area (TPSA) is 27.7 Å². The number of ether oxygens (including phenoxy) is 3. The molecule has 0 radical (unpaired) electrons. The summed E-state index contributed by atoms with van der Waals surface area (Å²) in [6.07, 6.45) is 0.320. The van der Waals surface area contributed by atoms with Crippen LogP contribution >= 0.6 is 11.6 Å². The zero-order valence-electron chi connectivity index (χ0n) is 8.59. The summed E-state index contributed by atoms with van der Waals surface area (Å²) in [6.45, 7) is 7.62. The van der Waals surface area contributed by atoms with Crippen LogP contribution < -0.4 is 0 Å². The lowest BCUT2D eigenvalue weighted by atomic mass is 10.4. The summed E-state index contributed by atoms with van der Waals surface area (Å²) in [4.78, 5) is 0. The van der Waals surface area contributed by atoms with Gasteiger partial charge in [0.1, 0.15) is 5.56 Å². The van der Waals surface area contributed by atoms with E-state index in [4.69, 9.17) is 25.8 Å². The molecule has 3 nitrogen and oxygen atoms in total. The monoisotopic (exact) mass is 210 g/mol. The first-order valence-corrected chi connectivity index (χ1v) is 5.17. The van der Waals surface area contributed by atoms with E-state index >= 15 is 0 Å². The summed E-state index contributed by atoms with van der Waals surface area (Å²) in [5.74, 6) is 0. The predicted octanol–water partition coefficient (Wildman–Crippen LogP) is 2.38. The maximum atomic E-state index is 5.86. The van der Waals surface area contributed by atoms with Gasteiger partial charge in [-0.2, -0.15) is 0 Å². The zero-order valence-corrected chi connectivity index (χ0v) is 9.34. The highest BCUT2D eigenvalue weighted by Gasteiger charge is 2.14. The highest BCUT2D eigenvalue weighted by Crippen LogP contribution is 2.11. The standard InChI is InChI=1S/C9H19ClO3/c1-4-11-8(10)7-9(12-5-2)13-6-3/h8-9H,4-7H2,1-3H3. The Morgan fingerprint density at radius 2 is 1.38 bits per heavy atom. The minimum atomic E-state index is -0.326. The number of alkyl halides is 1. The largest absolute Gasteiger partial charge is 0.363 e. The van der Waals surface area contributed by atoms with Crippen LogP contribution in [-0.4, -0.2) is 31.7 Å². The van der Waals surface area contributed by atoms with E-state index in [0.29, 0.717) is 26.2 Å². The smallest absolute Gasteiger partial charge is 0.161 e. The summed E-state index contributed by atoms with van der Waals surface area (Å²) >= 11 is 5.86. The molecule has 0 aromatic carbocycles. The van der Waals surface area contributed by atoms with Crippen molar-refractivity contribution in [3.8, 4) is 0 Å². The van der Waals surface area contributed by atoms with Crippen molar-refractivity contribution in [2.24, 2.45) is 0 Å². The first-order chi connectivity index (χ1) is 6.24. The third-order valence-corrected chi connectivity index (χ3v) is 1.73. The normalized spacial score (nSPS) is 13.6. The number of hydrogen-bond donors (Lipinski definition) is 0. The molecule has 0 saturated carbocycles. The Balaban J connectivity index is 3.64.